The van der Waals surface area contributed by atoms with Crippen LogP contribution in [0, 0.1) is 11.8 Å². The average Bonchev–Trinajstić information content (AvgIpc) is 3.75. The highest BCUT2D eigenvalue weighted by Crippen LogP contribution is 2.36. The van der Waals surface area contributed by atoms with E-state index in [1.807, 2.05) is 43.9 Å². The number of aromatic nitrogens is 4. The van der Waals surface area contributed by atoms with Gasteiger partial charge in [-0.15, -0.1) is 10.2 Å². The van der Waals surface area contributed by atoms with Crippen molar-refractivity contribution in [3.63, 3.8) is 0 Å². The maximum atomic E-state index is 10.4. The lowest BCUT2D eigenvalue weighted by atomic mass is 9.86. The highest BCUT2D eigenvalue weighted by molar-refractivity contribution is 5.84. The Hall–Kier alpha value is -4.57. The molecule has 0 aliphatic carbocycles. The molecule has 1 saturated heterocycles. The molecule has 0 saturated carbocycles. The van der Waals surface area contributed by atoms with Crippen LogP contribution in [0.2, 0.25) is 0 Å². The van der Waals surface area contributed by atoms with Gasteiger partial charge in [0.1, 0.15) is 11.5 Å². The van der Waals surface area contributed by atoms with Crippen LogP contribution in [0.1, 0.15) is 83.0 Å². The van der Waals surface area contributed by atoms with Gasteiger partial charge in [0.2, 0.25) is 0 Å². The Morgan fingerprint density at radius 3 is 2.69 bits per heavy atom. The lowest BCUT2D eigenvalue weighted by Gasteiger charge is -2.32. The Balaban J connectivity index is 1.22. The fourth-order valence-corrected chi connectivity index (χ4v) is 7.17. The molecule has 49 heavy (non-hydrogen) atoms. The summed E-state index contributed by atoms with van der Waals surface area (Å²) in [4.78, 5) is 14.7. The number of hydrogen-bond acceptors (Lipinski definition) is 9. The molecule has 260 valence electrons. The molecule has 3 N–H and O–H groups in total. The molecule has 4 heterocycles. The quantitative estimate of drug-likeness (QED) is 0.0816. The third-order valence-electron chi connectivity index (χ3n) is 9.72. The first-order valence-electron chi connectivity index (χ1n) is 17.7. The van der Waals surface area contributed by atoms with E-state index in [4.69, 9.17) is 9.52 Å². The molecule has 1 aliphatic rings. The third kappa shape index (κ3) is 8.73. The number of allylic oxidation sites excluding steroid dienone is 3. The molecule has 0 amide bonds. The van der Waals surface area contributed by atoms with Gasteiger partial charge in [0.15, 0.2) is 11.5 Å². The summed E-state index contributed by atoms with van der Waals surface area (Å²) in [5.74, 6) is 3.36. The first kappa shape index (κ1) is 35.7. The summed E-state index contributed by atoms with van der Waals surface area (Å²) in [6.45, 7) is 15.9. The number of nitrogens with one attached hydrogen (secondary N) is 2. The van der Waals surface area contributed by atoms with Crippen LogP contribution in [0.15, 0.2) is 80.5 Å². The van der Waals surface area contributed by atoms with E-state index >= 15 is 0 Å². The van der Waals surface area contributed by atoms with Crippen LogP contribution in [0.4, 0.5) is 5.82 Å². The molecule has 3 aromatic heterocycles. The van der Waals surface area contributed by atoms with Gasteiger partial charge >= 0.3 is 0 Å². The molecule has 0 bridgehead atoms. The van der Waals surface area contributed by atoms with Crippen LogP contribution in [-0.4, -0.2) is 71.6 Å². The van der Waals surface area contributed by atoms with Gasteiger partial charge in [0.05, 0.1) is 5.69 Å². The van der Waals surface area contributed by atoms with Crippen molar-refractivity contribution in [2.75, 3.05) is 38.1 Å². The molecule has 2 atom stereocenters. The number of aromatic hydroxyl groups is 1. The number of phenols is 1. The van der Waals surface area contributed by atoms with E-state index in [0.29, 0.717) is 29.6 Å². The van der Waals surface area contributed by atoms with Crippen LogP contribution in [0.25, 0.3) is 22.3 Å². The number of nitrogens with zero attached hydrogens (tertiary/aromatic N) is 6. The number of fused-ring (bicyclic) bond motifs is 1. The SMILES string of the molecule is C=N/C=C(\C=NCCC(CCNC)c1c[nH]c2nnc(-c3ccccc3O)cc12)C1CCN(c2cc(C(/C(C)=C\CC)C(C)C)on2)CC1. The fourth-order valence-electron chi connectivity index (χ4n) is 7.17. The number of phenolic OH excluding ortho intramolecular Hbond substituents is 1. The highest BCUT2D eigenvalue weighted by atomic mass is 16.5. The molecule has 0 spiro atoms. The molecule has 1 aromatic carbocycles. The molecule has 1 fully saturated rings. The fraction of sp³-hybridized carbons (Fsp3) is 0.462. The van der Waals surface area contributed by atoms with Crippen molar-refractivity contribution < 1.29 is 9.63 Å². The number of benzene rings is 1. The number of anilines is 1. The van der Waals surface area contributed by atoms with E-state index in [-0.39, 0.29) is 17.6 Å². The molecule has 2 unspecified atom stereocenters. The minimum absolute atomic E-state index is 0.190. The monoisotopic (exact) mass is 664 g/mol. The summed E-state index contributed by atoms with van der Waals surface area (Å²) in [7, 11) is 1.98. The van der Waals surface area contributed by atoms with Crippen molar-refractivity contribution in [1.82, 2.24) is 25.7 Å². The number of piperidine rings is 1. The zero-order valence-electron chi connectivity index (χ0n) is 29.7. The van der Waals surface area contributed by atoms with Gasteiger partial charge < -0.3 is 24.8 Å². The predicted octanol–water partition coefficient (Wildman–Crippen LogP) is 8.07. The summed E-state index contributed by atoms with van der Waals surface area (Å²) in [6.07, 6.45) is 13.0. The smallest absolute Gasteiger partial charge is 0.172 e. The first-order valence-corrected chi connectivity index (χ1v) is 17.7. The maximum Gasteiger partial charge on any atom is 0.172 e. The van der Waals surface area contributed by atoms with Gasteiger partial charge in [0, 0.05) is 61.2 Å². The molecular formula is C39H52N8O2. The third-order valence-corrected chi connectivity index (χ3v) is 9.72. The van der Waals surface area contributed by atoms with Gasteiger partial charge in [-0.05, 0) is 106 Å². The Morgan fingerprint density at radius 2 is 1.98 bits per heavy atom. The molecular weight excluding hydrogens is 612 g/mol. The van der Waals surface area contributed by atoms with Gasteiger partial charge in [-0.3, -0.25) is 9.98 Å². The van der Waals surface area contributed by atoms with E-state index in [1.54, 1.807) is 12.1 Å². The maximum absolute atomic E-state index is 10.4. The number of hydrogen-bond donors (Lipinski definition) is 3. The van der Waals surface area contributed by atoms with Crippen LogP contribution in [0.3, 0.4) is 0 Å². The number of para-hydroxylation sites is 1. The second kappa shape index (κ2) is 17.2. The Morgan fingerprint density at radius 1 is 1.18 bits per heavy atom. The minimum atomic E-state index is 0.190. The van der Waals surface area contributed by atoms with E-state index in [1.165, 1.54) is 11.1 Å². The molecule has 10 nitrogen and oxygen atoms in total. The number of aromatic amines is 1. The van der Waals surface area contributed by atoms with Crippen molar-refractivity contribution >= 4 is 29.8 Å². The summed E-state index contributed by atoms with van der Waals surface area (Å²) in [5, 5.41) is 28.0. The number of H-pyrrole nitrogens is 1. The second-order valence-corrected chi connectivity index (χ2v) is 13.4. The minimum Gasteiger partial charge on any atom is -0.507 e. The summed E-state index contributed by atoms with van der Waals surface area (Å²) in [5.41, 5.74) is 5.71. The predicted molar refractivity (Wildman–Crippen MR) is 201 cm³/mol. The van der Waals surface area contributed by atoms with E-state index < -0.39 is 0 Å². The van der Waals surface area contributed by atoms with Gasteiger partial charge in [-0.1, -0.05) is 49.7 Å². The van der Waals surface area contributed by atoms with Crippen molar-refractivity contribution in [3.05, 3.63) is 77.3 Å². The molecule has 5 rings (SSSR count). The lowest BCUT2D eigenvalue weighted by molar-refractivity contribution is 0.344. The van der Waals surface area contributed by atoms with Gasteiger partial charge in [-0.2, -0.15) is 0 Å². The first-order chi connectivity index (χ1) is 23.8. The molecule has 10 heteroatoms. The zero-order valence-corrected chi connectivity index (χ0v) is 29.7. The molecule has 1 aliphatic heterocycles. The second-order valence-electron chi connectivity index (χ2n) is 13.4. The summed E-state index contributed by atoms with van der Waals surface area (Å²) < 4.78 is 5.90. The van der Waals surface area contributed by atoms with Crippen LogP contribution >= 0.6 is 0 Å². The number of rotatable bonds is 16. The largest absolute Gasteiger partial charge is 0.507 e. The van der Waals surface area contributed by atoms with E-state index in [2.05, 4.69) is 82.1 Å². The van der Waals surface area contributed by atoms with Crippen molar-refractivity contribution in [2.45, 2.75) is 71.6 Å². The van der Waals surface area contributed by atoms with E-state index in [0.717, 1.165) is 79.9 Å². The topological polar surface area (TPSA) is 128 Å². The zero-order chi connectivity index (χ0) is 34.8. The molecule has 4 aromatic rings. The Kier molecular flexibility index (Phi) is 12.5. The van der Waals surface area contributed by atoms with Crippen molar-refractivity contribution in [1.29, 1.82) is 0 Å². The molecule has 0 radical (unpaired) electrons. The van der Waals surface area contributed by atoms with Crippen molar-refractivity contribution in [2.24, 2.45) is 21.8 Å². The normalized spacial score (nSPS) is 16.2. The van der Waals surface area contributed by atoms with Crippen molar-refractivity contribution in [3.8, 4) is 17.0 Å². The Labute approximate surface area is 290 Å². The van der Waals surface area contributed by atoms with Gasteiger partial charge in [-0.25, -0.2) is 0 Å². The van der Waals surface area contributed by atoms with Crippen LogP contribution < -0.4 is 10.2 Å². The summed E-state index contributed by atoms with van der Waals surface area (Å²) in [6, 6.07) is 11.4. The number of aliphatic imine (C=N–C) groups is 2. The lowest BCUT2D eigenvalue weighted by Crippen LogP contribution is -2.34. The van der Waals surface area contributed by atoms with Gasteiger partial charge in [0.25, 0.3) is 0 Å². The average molecular weight is 665 g/mol. The standard InChI is InChI=1S/C39H52N8O2/c1-7-10-27(4)38(26(2)3)36-22-37(46-49-36)47-19-15-28(16-20-47)30(23-41-6)24-42-18-14-29(13-17-40-5)33-25-43-39-32(33)21-34(44-45-39)31-11-8-9-12-35(31)48/h8-12,21-26,28-29,38,40,48H,6-7,13-20H2,1-5H3,(H,43,45)/b27-10-,30-23+,42-24?. The Bertz CT molecular complexity index is 1760. The van der Waals surface area contributed by atoms with Crippen LogP contribution in [0.5, 0.6) is 5.75 Å². The van der Waals surface area contributed by atoms with Crippen LogP contribution in [-0.2, 0) is 0 Å². The van der Waals surface area contributed by atoms with E-state index in [9.17, 15) is 5.11 Å². The highest BCUT2D eigenvalue weighted by Gasteiger charge is 2.27. The summed E-state index contributed by atoms with van der Waals surface area (Å²) >= 11 is 0.